The lowest BCUT2D eigenvalue weighted by Gasteiger charge is -2.32. The number of carbonyl (C=O) groups is 1. The highest BCUT2D eigenvalue weighted by Crippen LogP contribution is 2.30. The number of aliphatic carboxylic acids is 1. The molecule has 1 aromatic carbocycles. The van der Waals surface area contributed by atoms with Crippen LogP contribution >= 0.6 is 0 Å². The lowest BCUT2D eigenvalue weighted by atomic mass is 9.90. The molecule has 0 spiro atoms. The van der Waals surface area contributed by atoms with Crippen LogP contribution in [0.2, 0.25) is 0 Å². The zero-order valence-corrected chi connectivity index (χ0v) is 12.1. The smallest absolute Gasteiger partial charge is 0.331 e. The highest BCUT2D eigenvalue weighted by atomic mass is 16.5. The maximum absolute atomic E-state index is 11.9. The second-order valence-electron chi connectivity index (χ2n) is 5.52. The van der Waals surface area contributed by atoms with Crippen molar-refractivity contribution < 1.29 is 14.6 Å². The van der Waals surface area contributed by atoms with Gasteiger partial charge in [-0.1, -0.05) is 37.3 Å². The summed E-state index contributed by atoms with van der Waals surface area (Å²) in [5.74, 6) is -0.876. The Kier molecular flexibility index (Phi) is 4.78. The second-order valence-corrected chi connectivity index (χ2v) is 5.52. The Hall–Kier alpha value is -1.39. The molecular weight excluding hydrogens is 254 g/mol. The lowest BCUT2D eigenvalue weighted by Crippen LogP contribution is -2.54. The fourth-order valence-corrected chi connectivity index (χ4v) is 2.14. The van der Waals surface area contributed by atoms with Gasteiger partial charge in [-0.2, -0.15) is 0 Å². The summed E-state index contributed by atoms with van der Waals surface area (Å²) in [4.78, 5) is 11.9. The number of nitrogens with one attached hydrogen (secondary N) is 1. The van der Waals surface area contributed by atoms with E-state index in [1.54, 1.807) is 0 Å². The first-order valence-corrected chi connectivity index (χ1v) is 7.26. The molecule has 0 saturated heterocycles. The van der Waals surface area contributed by atoms with Crippen LogP contribution in [0.25, 0.3) is 0 Å². The van der Waals surface area contributed by atoms with Crippen molar-refractivity contribution in [2.45, 2.75) is 50.8 Å². The summed E-state index contributed by atoms with van der Waals surface area (Å²) in [7, 11) is 0. The SMILES string of the molecule is CCC(C)OCC(NC1CC1)(C(=O)O)c1ccccc1. The topological polar surface area (TPSA) is 58.6 Å². The van der Waals surface area contributed by atoms with Crippen LogP contribution in [0.5, 0.6) is 0 Å². The largest absolute Gasteiger partial charge is 0.480 e. The standard InChI is InChI=1S/C16H23NO3/c1-3-12(2)20-11-16(15(18)19,17-14-9-10-14)13-7-5-4-6-8-13/h4-8,12,14,17H,3,9-11H2,1-2H3,(H,18,19). The molecular formula is C16H23NO3. The van der Waals surface area contributed by atoms with Crippen molar-refractivity contribution >= 4 is 5.97 Å². The highest BCUT2D eigenvalue weighted by Gasteiger charge is 2.44. The zero-order chi connectivity index (χ0) is 14.6. The number of benzene rings is 1. The second kappa shape index (κ2) is 6.37. The minimum Gasteiger partial charge on any atom is -0.480 e. The predicted octanol–water partition coefficient (Wildman–Crippen LogP) is 2.53. The Morgan fingerprint density at radius 1 is 1.45 bits per heavy atom. The molecule has 2 N–H and O–H groups in total. The number of carboxylic acids is 1. The molecule has 2 unspecified atom stereocenters. The van der Waals surface area contributed by atoms with E-state index in [2.05, 4.69) is 5.32 Å². The van der Waals surface area contributed by atoms with Gasteiger partial charge in [0.1, 0.15) is 0 Å². The van der Waals surface area contributed by atoms with E-state index < -0.39 is 11.5 Å². The Balaban J connectivity index is 2.26. The van der Waals surface area contributed by atoms with Crippen LogP contribution in [-0.4, -0.2) is 29.8 Å². The molecule has 0 aliphatic heterocycles. The van der Waals surface area contributed by atoms with Crippen molar-refractivity contribution in [2.75, 3.05) is 6.61 Å². The van der Waals surface area contributed by atoms with Crippen molar-refractivity contribution in [3.63, 3.8) is 0 Å². The first-order chi connectivity index (χ1) is 9.58. The fourth-order valence-electron chi connectivity index (χ4n) is 2.14. The number of carboxylic acid groups (broad SMARTS) is 1. The molecule has 1 aliphatic carbocycles. The Bertz CT molecular complexity index is 444. The van der Waals surface area contributed by atoms with Gasteiger partial charge in [0, 0.05) is 6.04 Å². The van der Waals surface area contributed by atoms with Gasteiger partial charge in [0.2, 0.25) is 0 Å². The Morgan fingerprint density at radius 2 is 2.10 bits per heavy atom. The molecule has 0 aromatic heterocycles. The van der Waals surface area contributed by atoms with Gasteiger partial charge in [-0.3, -0.25) is 5.32 Å². The van der Waals surface area contributed by atoms with Crippen LogP contribution in [-0.2, 0) is 15.1 Å². The molecule has 4 heteroatoms. The van der Waals surface area contributed by atoms with Crippen LogP contribution in [0.3, 0.4) is 0 Å². The predicted molar refractivity (Wildman–Crippen MR) is 77.6 cm³/mol. The molecule has 1 aliphatic rings. The summed E-state index contributed by atoms with van der Waals surface area (Å²) in [5, 5.41) is 13.1. The minimum absolute atomic E-state index is 0.0541. The molecule has 0 bridgehead atoms. The summed E-state index contributed by atoms with van der Waals surface area (Å²) in [6, 6.07) is 9.61. The van der Waals surface area contributed by atoms with Gasteiger partial charge in [0.25, 0.3) is 0 Å². The van der Waals surface area contributed by atoms with Gasteiger partial charge in [0.15, 0.2) is 5.54 Å². The number of hydrogen-bond acceptors (Lipinski definition) is 3. The van der Waals surface area contributed by atoms with Crippen LogP contribution in [0.1, 0.15) is 38.7 Å². The maximum Gasteiger partial charge on any atom is 0.331 e. The first-order valence-electron chi connectivity index (χ1n) is 7.26. The monoisotopic (exact) mass is 277 g/mol. The molecule has 1 aromatic rings. The molecule has 1 fully saturated rings. The van der Waals surface area contributed by atoms with E-state index in [0.29, 0.717) is 0 Å². The molecule has 0 radical (unpaired) electrons. The molecule has 1 saturated carbocycles. The van der Waals surface area contributed by atoms with Gasteiger partial charge in [0.05, 0.1) is 12.7 Å². The zero-order valence-electron chi connectivity index (χ0n) is 12.1. The van der Waals surface area contributed by atoms with E-state index in [0.717, 1.165) is 24.8 Å². The number of rotatable bonds is 8. The summed E-state index contributed by atoms with van der Waals surface area (Å²) in [6.07, 6.45) is 2.99. The van der Waals surface area contributed by atoms with E-state index in [1.807, 2.05) is 44.2 Å². The van der Waals surface area contributed by atoms with E-state index in [-0.39, 0.29) is 18.8 Å². The van der Waals surface area contributed by atoms with Gasteiger partial charge < -0.3 is 9.84 Å². The van der Waals surface area contributed by atoms with Crippen molar-refractivity contribution in [3.8, 4) is 0 Å². The van der Waals surface area contributed by atoms with Gasteiger partial charge in [-0.25, -0.2) is 4.79 Å². The van der Waals surface area contributed by atoms with E-state index in [9.17, 15) is 9.90 Å². The van der Waals surface area contributed by atoms with Gasteiger partial charge >= 0.3 is 5.97 Å². The first kappa shape index (κ1) is 15.0. The number of ether oxygens (including phenoxy) is 1. The summed E-state index contributed by atoms with van der Waals surface area (Å²) in [6.45, 7) is 4.15. The van der Waals surface area contributed by atoms with Crippen LogP contribution < -0.4 is 5.32 Å². The van der Waals surface area contributed by atoms with Crippen LogP contribution in [0.15, 0.2) is 30.3 Å². The van der Waals surface area contributed by atoms with Crippen molar-refractivity contribution in [1.29, 1.82) is 0 Å². The van der Waals surface area contributed by atoms with Crippen LogP contribution in [0, 0.1) is 0 Å². The Labute approximate surface area is 120 Å². The van der Waals surface area contributed by atoms with E-state index in [4.69, 9.17) is 4.74 Å². The van der Waals surface area contributed by atoms with Crippen molar-refractivity contribution in [1.82, 2.24) is 5.32 Å². The average Bonchev–Trinajstić information content (AvgIpc) is 3.27. The molecule has 20 heavy (non-hydrogen) atoms. The van der Waals surface area contributed by atoms with Gasteiger partial charge in [-0.15, -0.1) is 0 Å². The third-order valence-corrected chi connectivity index (χ3v) is 3.82. The average molecular weight is 277 g/mol. The van der Waals surface area contributed by atoms with E-state index >= 15 is 0 Å². The van der Waals surface area contributed by atoms with E-state index in [1.165, 1.54) is 0 Å². The number of hydrogen-bond donors (Lipinski definition) is 2. The van der Waals surface area contributed by atoms with Crippen LogP contribution in [0.4, 0.5) is 0 Å². The summed E-state index contributed by atoms with van der Waals surface area (Å²) >= 11 is 0. The molecule has 0 amide bonds. The normalized spacial score (nSPS) is 19.3. The Morgan fingerprint density at radius 3 is 2.60 bits per heavy atom. The molecule has 110 valence electrons. The summed E-state index contributed by atoms with van der Waals surface area (Å²) in [5.41, 5.74) is -0.394. The third kappa shape index (κ3) is 3.38. The summed E-state index contributed by atoms with van der Waals surface area (Å²) < 4.78 is 5.76. The third-order valence-electron chi connectivity index (χ3n) is 3.82. The molecule has 4 nitrogen and oxygen atoms in total. The quantitative estimate of drug-likeness (QED) is 0.766. The fraction of sp³-hybridized carbons (Fsp3) is 0.562. The maximum atomic E-state index is 11.9. The van der Waals surface area contributed by atoms with Crippen molar-refractivity contribution in [2.24, 2.45) is 0 Å². The highest BCUT2D eigenvalue weighted by molar-refractivity contribution is 5.81. The lowest BCUT2D eigenvalue weighted by molar-refractivity contribution is -0.149. The minimum atomic E-state index is -1.15. The molecule has 0 heterocycles. The molecule has 2 rings (SSSR count). The molecule has 2 atom stereocenters. The van der Waals surface area contributed by atoms with Crippen molar-refractivity contribution in [3.05, 3.63) is 35.9 Å². The van der Waals surface area contributed by atoms with Gasteiger partial charge in [-0.05, 0) is 31.7 Å².